The Labute approximate surface area is 143 Å². The van der Waals surface area contributed by atoms with Crippen LogP contribution in [0.4, 0.5) is 5.69 Å². The fraction of sp³-hybridized carbons (Fsp3) is 0.647. The number of nitrogens with one attached hydrogen (secondary N) is 1. The zero-order valence-corrected chi connectivity index (χ0v) is 16.0. The van der Waals surface area contributed by atoms with Crippen molar-refractivity contribution in [1.82, 2.24) is 4.90 Å². The fourth-order valence-corrected chi connectivity index (χ4v) is 2.90. The van der Waals surface area contributed by atoms with Crippen LogP contribution in [0.15, 0.2) is 16.6 Å². The van der Waals surface area contributed by atoms with E-state index in [4.69, 9.17) is 9.47 Å². The maximum atomic E-state index is 5.36. The highest BCUT2D eigenvalue weighted by atomic mass is 79.9. The maximum absolute atomic E-state index is 5.36. The minimum atomic E-state index is 0.407. The summed E-state index contributed by atoms with van der Waals surface area (Å²) in [4.78, 5) is 2.46. The van der Waals surface area contributed by atoms with Gasteiger partial charge in [-0.2, -0.15) is 0 Å². The average molecular weight is 373 g/mol. The summed E-state index contributed by atoms with van der Waals surface area (Å²) in [6.07, 6.45) is 2.33. The molecule has 1 aromatic rings. The van der Waals surface area contributed by atoms with E-state index in [-0.39, 0.29) is 0 Å². The van der Waals surface area contributed by atoms with Gasteiger partial charge >= 0.3 is 0 Å². The Bertz CT molecular complexity index is 451. The van der Waals surface area contributed by atoms with Crippen molar-refractivity contribution < 1.29 is 9.47 Å². The third-order valence-electron chi connectivity index (χ3n) is 3.88. The summed E-state index contributed by atoms with van der Waals surface area (Å²) in [7, 11) is 3.30. The van der Waals surface area contributed by atoms with E-state index in [0.717, 1.165) is 47.7 Å². The first kappa shape index (κ1) is 19.1. The molecule has 126 valence electrons. The molecule has 1 N–H and O–H groups in total. The van der Waals surface area contributed by atoms with Crippen LogP contribution in [-0.2, 0) is 0 Å². The highest BCUT2D eigenvalue weighted by Gasteiger charge is 2.11. The first-order chi connectivity index (χ1) is 10.5. The van der Waals surface area contributed by atoms with Crippen molar-refractivity contribution in [3.63, 3.8) is 0 Å². The molecule has 0 aliphatic rings. The smallest absolute Gasteiger partial charge is 0.162 e. The molecule has 5 heteroatoms. The van der Waals surface area contributed by atoms with Gasteiger partial charge in [-0.3, -0.25) is 0 Å². The predicted octanol–water partition coefficient (Wildman–Crippen LogP) is 4.39. The molecule has 0 spiro atoms. The molecule has 0 heterocycles. The van der Waals surface area contributed by atoms with Gasteiger partial charge in [0.25, 0.3) is 0 Å². The summed E-state index contributed by atoms with van der Waals surface area (Å²) in [5, 5.41) is 3.55. The second kappa shape index (κ2) is 9.95. The lowest BCUT2D eigenvalue weighted by Gasteiger charge is -2.21. The zero-order chi connectivity index (χ0) is 16.5. The largest absolute Gasteiger partial charge is 0.493 e. The van der Waals surface area contributed by atoms with E-state index in [0.29, 0.717) is 6.04 Å². The molecule has 1 atom stereocenters. The molecular weight excluding hydrogens is 344 g/mol. The molecule has 0 saturated heterocycles. The third kappa shape index (κ3) is 5.69. The molecule has 22 heavy (non-hydrogen) atoms. The van der Waals surface area contributed by atoms with Gasteiger partial charge in [-0.15, -0.1) is 0 Å². The van der Waals surface area contributed by atoms with Crippen molar-refractivity contribution in [3.05, 3.63) is 16.6 Å². The Hall–Kier alpha value is -0.940. The number of methoxy groups -OCH3 is 2. The summed E-state index contributed by atoms with van der Waals surface area (Å²) >= 11 is 3.59. The van der Waals surface area contributed by atoms with Crippen molar-refractivity contribution in [1.29, 1.82) is 0 Å². The van der Waals surface area contributed by atoms with E-state index in [2.05, 4.69) is 46.9 Å². The van der Waals surface area contributed by atoms with E-state index in [1.54, 1.807) is 14.2 Å². The van der Waals surface area contributed by atoms with Crippen molar-refractivity contribution in [2.45, 2.75) is 39.7 Å². The molecule has 0 aromatic heterocycles. The van der Waals surface area contributed by atoms with Crippen LogP contribution in [0.2, 0.25) is 0 Å². The van der Waals surface area contributed by atoms with E-state index >= 15 is 0 Å². The van der Waals surface area contributed by atoms with Crippen molar-refractivity contribution in [2.24, 2.45) is 0 Å². The molecule has 0 aliphatic carbocycles. The molecule has 0 radical (unpaired) electrons. The summed E-state index contributed by atoms with van der Waals surface area (Å²) in [6.45, 7) is 10.1. The SMILES string of the molecule is CCN(CC)CCC[C@@H](C)Nc1cc(OC)c(OC)cc1Br. The van der Waals surface area contributed by atoms with Gasteiger partial charge in [0.1, 0.15) is 0 Å². The van der Waals surface area contributed by atoms with Gasteiger partial charge in [-0.05, 0) is 55.3 Å². The normalized spacial score (nSPS) is 12.3. The van der Waals surface area contributed by atoms with Gasteiger partial charge in [0.05, 0.1) is 19.9 Å². The van der Waals surface area contributed by atoms with Crippen LogP contribution < -0.4 is 14.8 Å². The molecule has 4 nitrogen and oxygen atoms in total. The maximum Gasteiger partial charge on any atom is 0.162 e. The number of benzene rings is 1. The molecule has 0 bridgehead atoms. The van der Waals surface area contributed by atoms with Gasteiger partial charge in [-0.1, -0.05) is 13.8 Å². The molecule has 1 rings (SSSR count). The number of hydrogen-bond donors (Lipinski definition) is 1. The molecule has 0 amide bonds. The Morgan fingerprint density at radius 1 is 1.14 bits per heavy atom. The monoisotopic (exact) mass is 372 g/mol. The topological polar surface area (TPSA) is 33.7 Å². The summed E-state index contributed by atoms with van der Waals surface area (Å²) in [5.41, 5.74) is 1.04. The van der Waals surface area contributed by atoms with Crippen LogP contribution in [0, 0.1) is 0 Å². The van der Waals surface area contributed by atoms with Crippen molar-refractivity contribution in [2.75, 3.05) is 39.2 Å². The third-order valence-corrected chi connectivity index (χ3v) is 4.54. The van der Waals surface area contributed by atoms with E-state index in [9.17, 15) is 0 Å². The van der Waals surface area contributed by atoms with E-state index < -0.39 is 0 Å². The van der Waals surface area contributed by atoms with Gasteiger partial charge < -0.3 is 19.7 Å². The fourth-order valence-electron chi connectivity index (χ4n) is 2.46. The average Bonchev–Trinajstić information content (AvgIpc) is 2.53. The second-order valence-corrected chi connectivity index (χ2v) is 6.26. The summed E-state index contributed by atoms with van der Waals surface area (Å²) < 4.78 is 11.7. The lowest BCUT2D eigenvalue weighted by Crippen LogP contribution is -2.25. The Balaban J connectivity index is 2.58. The predicted molar refractivity (Wildman–Crippen MR) is 97.4 cm³/mol. The van der Waals surface area contributed by atoms with Crippen LogP contribution in [0.5, 0.6) is 11.5 Å². The quantitative estimate of drug-likeness (QED) is 0.660. The van der Waals surface area contributed by atoms with Crippen LogP contribution in [0.1, 0.15) is 33.6 Å². The standard InChI is InChI=1S/C17H29BrN2O2/c1-6-20(7-2)10-8-9-13(3)19-15-12-17(22-5)16(21-4)11-14(15)18/h11-13,19H,6-10H2,1-5H3/t13-/m1/s1. The van der Waals surface area contributed by atoms with Gasteiger partial charge in [0.2, 0.25) is 0 Å². The van der Waals surface area contributed by atoms with E-state index in [1.807, 2.05) is 12.1 Å². The lowest BCUT2D eigenvalue weighted by molar-refractivity contribution is 0.295. The summed E-state index contributed by atoms with van der Waals surface area (Å²) in [5.74, 6) is 1.47. The molecule has 1 aromatic carbocycles. The molecule has 0 fully saturated rings. The number of rotatable bonds is 10. The Morgan fingerprint density at radius 2 is 1.73 bits per heavy atom. The summed E-state index contributed by atoms with van der Waals surface area (Å²) in [6, 6.07) is 4.32. The Morgan fingerprint density at radius 3 is 2.27 bits per heavy atom. The molecule has 0 unspecified atom stereocenters. The van der Waals surface area contributed by atoms with Crippen LogP contribution >= 0.6 is 15.9 Å². The minimum Gasteiger partial charge on any atom is -0.493 e. The first-order valence-electron chi connectivity index (χ1n) is 7.96. The number of halogens is 1. The van der Waals surface area contributed by atoms with Gasteiger partial charge in [0.15, 0.2) is 11.5 Å². The van der Waals surface area contributed by atoms with Crippen LogP contribution in [0.25, 0.3) is 0 Å². The number of hydrogen-bond acceptors (Lipinski definition) is 4. The zero-order valence-electron chi connectivity index (χ0n) is 14.4. The second-order valence-electron chi connectivity index (χ2n) is 5.40. The highest BCUT2D eigenvalue weighted by Crippen LogP contribution is 2.36. The molecule has 0 saturated carbocycles. The first-order valence-corrected chi connectivity index (χ1v) is 8.75. The molecule has 0 aliphatic heterocycles. The Kier molecular flexibility index (Phi) is 8.64. The van der Waals surface area contributed by atoms with Crippen molar-refractivity contribution >= 4 is 21.6 Å². The highest BCUT2D eigenvalue weighted by molar-refractivity contribution is 9.10. The number of ether oxygens (including phenoxy) is 2. The molecular formula is C17H29BrN2O2. The van der Waals surface area contributed by atoms with Crippen LogP contribution in [-0.4, -0.2) is 44.8 Å². The van der Waals surface area contributed by atoms with E-state index in [1.165, 1.54) is 6.42 Å². The lowest BCUT2D eigenvalue weighted by atomic mass is 10.1. The van der Waals surface area contributed by atoms with Gasteiger partial charge in [-0.25, -0.2) is 0 Å². The minimum absolute atomic E-state index is 0.407. The van der Waals surface area contributed by atoms with Gasteiger partial charge in [0, 0.05) is 22.6 Å². The van der Waals surface area contributed by atoms with Crippen LogP contribution in [0.3, 0.4) is 0 Å². The number of anilines is 1. The number of nitrogens with zero attached hydrogens (tertiary/aromatic N) is 1. The van der Waals surface area contributed by atoms with Crippen molar-refractivity contribution in [3.8, 4) is 11.5 Å².